The Hall–Kier alpha value is -2.53. The Labute approximate surface area is 163 Å². The molecule has 11 heteroatoms. The van der Waals surface area contributed by atoms with Crippen LogP contribution >= 0.6 is 27.7 Å². The lowest BCUT2D eigenvalue weighted by atomic mass is 10.1. The molecule has 0 saturated heterocycles. The molecule has 2 heterocycles. The highest BCUT2D eigenvalue weighted by atomic mass is 79.9. The third-order valence-electron chi connectivity index (χ3n) is 3.26. The predicted molar refractivity (Wildman–Crippen MR) is 95.2 cm³/mol. The van der Waals surface area contributed by atoms with E-state index >= 15 is 0 Å². The summed E-state index contributed by atoms with van der Waals surface area (Å²) in [5.41, 5.74) is -0.710. The molecule has 0 spiro atoms. The first-order chi connectivity index (χ1) is 12.7. The summed E-state index contributed by atoms with van der Waals surface area (Å²) in [6.45, 7) is 0. The van der Waals surface area contributed by atoms with E-state index in [9.17, 15) is 23.3 Å². The molecule has 0 aliphatic rings. The molecule has 0 N–H and O–H groups in total. The molecule has 0 amide bonds. The predicted octanol–water partition coefficient (Wildman–Crippen LogP) is 5.38. The number of aromatic nitrogens is 3. The molecule has 0 aliphatic carbocycles. The molecule has 3 aromatic rings. The first-order valence-electron chi connectivity index (χ1n) is 7.23. The zero-order valence-corrected chi connectivity index (χ0v) is 15.5. The maximum Gasteiger partial charge on any atom is 0.433 e. The second-order valence-electron chi connectivity index (χ2n) is 5.14. The second kappa shape index (κ2) is 7.61. The van der Waals surface area contributed by atoms with Gasteiger partial charge in [-0.25, -0.2) is 15.0 Å². The number of benzene rings is 1. The molecular weight excluding hydrogens is 449 g/mol. The smallest absolute Gasteiger partial charge is 0.258 e. The fraction of sp³-hybridized carbons (Fsp3) is 0.0625. The molecule has 6 nitrogen and oxygen atoms in total. The number of pyridine rings is 1. The lowest BCUT2D eigenvalue weighted by Gasteiger charge is -2.10. The second-order valence-corrected chi connectivity index (χ2v) is 7.04. The van der Waals surface area contributed by atoms with Crippen LogP contribution in [0.1, 0.15) is 5.69 Å². The minimum atomic E-state index is -4.65. The number of hydrogen-bond donors (Lipinski definition) is 0. The van der Waals surface area contributed by atoms with Crippen molar-refractivity contribution in [3.63, 3.8) is 0 Å². The van der Waals surface area contributed by atoms with Crippen molar-refractivity contribution in [2.75, 3.05) is 0 Å². The van der Waals surface area contributed by atoms with Crippen molar-refractivity contribution < 1.29 is 18.1 Å². The van der Waals surface area contributed by atoms with Crippen LogP contribution in [0.25, 0.3) is 11.3 Å². The van der Waals surface area contributed by atoms with Gasteiger partial charge in [0.2, 0.25) is 0 Å². The summed E-state index contributed by atoms with van der Waals surface area (Å²) in [4.78, 5) is 21.6. The molecule has 0 saturated carbocycles. The van der Waals surface area contributed by atoms with Crippen molar-refractivity contribution in [3.8, 4) is 11.3 Å². The third kappa shape index (κ3) is 4.80. The van der Waals surface area contributed by atoms with E-state index in [1.54, 1.807) is 24.3 Å². The summed E-state index contributed by atoms with van der Waals surface area (Å²) in [5.74, 6) is 0. The highest BCUT2D eigenvalue weighted by molar-refractivity contribution is 9.10. The maximum absolute atomic E-state index is 13.2. The van der Waals surface area contributed by atoms with Gasteiger partial charge in [-0.1, -0.05) is 28.1 Å². The van der Waals surface area contributed by atoms with E-state index in [0.29, 0.717) is 5.56 Å². The number of rotatable bonds is 4. The molecule has 2 aromatic heterocycles. The van der Waals surface area contributed by atoms with E-state index in [1.807, 2.05) is 0 Å². The van der Waals surface area contributed by atoms with Crippen LogP contribution in [0.4, 0.5) is 18.9 Å². The van der Waals surface area contributed by atoms with Crippen LogP contribution < -0.4 is 0 Å². The van der Waals surface area contributed by atoms with Crippen LogP contribution in [-0.2, 0) is 6.18 Å². The zero-order valence-electron chi connectivity index (χ0n) is 13.1. The van der Waals surface area contributed by atoms with E-state index in [4.69, 9.17) is 0 Å². The minimum Gasteiger partial charge on any atom is -0.258 e. The Bertz CT molecular complexity index is 982. The monoisotopic (exact) mass is 456 g/mol. The summed E-state index contributed by atoms with van der Waals surface area (Å²) in [5, 5.41) is 10.7. The van der Waals surface area contributed by atoms with Gasteiger partial charge in [-0.15, -0.1) is 0 Å². The molecule has 0 aliphatic heterocycles. The zero-order chi connectivity index (χ0) is 19.6. The molecule has 0 atom stereocenters. The molecule has 0 bridgehead atoms. The number of halogens is 4. The van der Waals surface area contributed by atoms with Crippen LogP contribution in [0.15, 0.2) is 63.3 Å². The van der Waals surface area contributed by atoms with Gasteiger partial charge in [-0.3, -0.25) is 10.1 Å². The lowest BCUT2D eigenvalue weighted by Crippen LogP contribution is -2.10. The van der Waals surface area contributed by atoms with Crippen LogP contribution in [0, 0.1) is 10.1 Å². The van der Waals surface area contributed by atoms with Gasteiger partial charge in [0.15, 0.2) is 5.16 Å². The van der Waals surface area contributed by atoms with E-state index in [2.05, 4.69) is 30.9 Å². The van der Waals surface area contributed by atoms with Gasteiger partial charge < -0.3 is 0 Å². The average Bonchev–Trinajstić information content (AvgIpc) is 2.62. The van der Waals surface area contributed by atoms with Crippen LogP contribution in [0.2, 0.25) is 0 Å². The van der Waals surface area contributed by atoms with Gasteiger partial charge in [-0.2, -0.15) is 13.2 Å². The van der Waals surface area contributed by atoms with Crippen molar-refractivity contribution in [1.82, 2.24) is 15.0 Å². The van der Waals surface area contributed by atoms with Crippen molar-refractivity contribution >= 4 is 33.4 Å². The number of nitrogens with zero attached hydrogens (tertiary/aromatic N) is 4. The van der Waals surface area contributed by atoms with Gasteiger partial charge in [0.25, 0.3) is 5.69 Å². The molecule has 0 radical (unpaired) electrons. The fourth-order valence-corrected chi connectivity index (χ4v) is 3.00. The van der Waals surface area contributed by atoms with Gasteiger partial charge in [0.05, 0.1) is 10.6 Å². The normalized spacial score (nSPS) is 11.4. The number of nitro groups is 1. The van der Waals surface area contributed by atoms with Crippen molar-refractivity contribution in [3.05, 3.63) is 68.9 Å². The standard InChI is InChI=1S/C16H8BrF3N4O2S/c17-10-3-1-9(2-4-10)12-7-13(16(18,19)20)23-15(22-12)27-14-6-5-11(8-21-14)24(25)26/h1-8H. The molecule has 1 aromatic carbocycles. The molecule has 0 unspecified atom stereocenters. The van der Waals surface area contributed by atoms with Gasteiger partial charge in [-0.05, 0) is 36.0 Å². The van der Waals surface area contributed by atoms with Gasteiger partial charge >= 0.3 is 6.18 Å². The van der Waals surface area contributed by atoms with E-state index in [0.717, 1.165) is 28.5 Å². The summed E-state index contributed by atoms with van der Waals surface area (Å²) < 4.78 is 40.4. The average molecular weight is 457 g/mol. The Morgan fingerprint density at radius 1 is 1.07 bits per heavy atom. The van der Waals surface area contributed by atoms with Gasteiger partial charge in [0, 0.05) is 16.1 Å². The molecule has 3 rings (SSSR count). The molecule has 27 heavy (non-hydrogen) atoms. The first kappa shape index (κ1) is 19.2. The Morgan fingerprint density at radius 3 is 2.33 bits per heavy atom. The third-order valence-corrected chi connectivity index (χ3v) is 4.61. The summed E-state index contributed by atoms with van der Waals surface area (Å²) >= 11 is 4.05. The SMILES string of the molecule is O=[N+]([O-])c1ccc(Sc2nc(-c3ccc(Br)cc3)cc(C(F)(F)F)n2)nc1. The Balaban J connectivity index is 1.99. The summed E-state index contributed by atoms with van der Waals surface area (Å²) in [7, 11) is 0. The molecule has 0 fully saturated rings. The lowest BCUT2D eigenvalue weighted by molar-refractivity contribution is -0.385. The summed E-state index contributed by atoms with van der Waals surface area (Å²) in [6.07, 6.45) is -3.63. The Morgan fingerprint density at radius 2 is 1.78 bits per heavy atom. The van der Waals surface area contributed by atoms with Crippen molar-refractivity contribution in [2.24, 2.45) is 0 Å². The fourth-order valence-electron chi connectivity index (χ4n) is 2.02. The first-order valence-corrected chi connectivity index (χ1v) is 8.84. The number of alkyl halides is 3. The van der Waals surface area contributed by atoms with Gasteiger partial charge in [0.1, 0.15) is 16.9 Å². The summed E-state index contributed by atoms with van der Waals surface area (Å²) in [6, 6.07) is 10.0. The highest BCUT2D eigenvalue weighted by Crippen LogP contribution is 2.33. The van der Waals surface area contributed by atoms with Crippen LogP contribution in [0.5, 0.6) is 0 Å². The topological polar surface area (TPSA) is 81.8 Å². The quantitative estimate of drug-likeness (QED) is 0.297. The Kier molecular flexibility index (Phi) is 5.42. The maximum atomic E-state index is 13.2. The van der Waals surface area contributed by atoms with E-state index < -0.39 is 16.8 Å². The minimum absolute atomic E-state index is 0.106. The largest absolute Gasteiger partial charge is 0.433 e. The van der Waals surface area contributed by atoms with Crippen LogP contribution in [-0.4, -0.2) is 19.9 Å². The number of hydrogen-bond acceptors (Lipinski definition) is 6. The molecule has 138 valence electrons. The van der Waals surface area contributed by atoms with Crippen LogP contribution in [0.3, 0.4) is 0 Å². The van der Waals surface area contributed by atoms with Crippen molar-refractivity contribution in [1.29, 1.82) is 0 Å². The highest BCUT2D eigenvalue weighted by Gasteiger charge is 2.34. The van der Waals surface area contributed by atoms with Crippen molar-refractivity contribution in [2.45, 2.75) is 16.4 Å². The van der Waals surface area contributed by atoms with E-state index in [1.165, 1.54) is 12.1 Å². The molecular formula is C16H8BrF3N4O2S. The van der Waals surface area contributed by atoms with E-state index in [-0.39, 0.29) is 21.6 Å².